The van der Waals surface area contributed by atoms with E-state index in [4.69, 9.17) is 5.11 Å². The molecule has 0 bridgehead atoms. The van der Waals surface area contributed by atoms with Crippen LogP contribution in [0.25, 0.3) is 0 Å². The summed E-state index contributed by atoms with van der Waals surface area (Å²) >= 11 is 1.38. The van der Waals surface area contributed by atoms with Crippen molar-refractivity contribution in [3.8, 4) is 0 Å². The van der Waals surface area contributed by atoms with Crippen molar-refractivity contribution in [1.29, 1.82) is 0 Å². The summed E-state index contributed by atoms with van der Waals surface area (Å²) in [5, 5.41) is 36.5. The van der Waals surface area contributed by atoms with Crippen LogP contribution in [0.15, 0.2) is 0 Å². The fourth-order valence-corrected chi connectivity index (χ4v) is 2.30. The molecule has 0 saturated carbocycles. The monoisotopic (exact) mass is 194 g/mol. The van der Waals surface area contributed by atoms with Crippen LogP contribution in [0.3, 0.4) is 0 Å². The molecule has 0 aromatic rings. The highest BCUT2D eigenvalue weighted by atomic mass is 32.2. The van der Waals surface area contributed by atoms with Gasteiger partial charge in [-0.15, -0.1) is 0 Å². The van der Waals surface area contributed by atoms with Gasteiger partial charge in [-0.3, -0.25) is 0 Å². The normalized spacial score (nSPS) is 44.0. The van der Waals surface area contributed by atoms with Crippen LogP contribution in [0.4, 0.5) is 0 Å². The first-order valence-electron chi connectivity index (χ1n) is 3.91. The van der Waals surface area contributed by atoms with E-state index in [1.165, 1.54) is 11.8 Å². The predicted molar refractivity (Wildman–Crippen MR) is 46.0 cm³/mol. The second-order valence-corrected chi connectivity index (χ2v) is 4.33. The van der Waals surface area contributed by atoms with Crippen LogP contribution in [0.1, 0.15) is 6.42 Å². The number of thioether (sulfide) groups is 1. The summed E-state index contributed by atoms with van der Waals surface area (Å²) in [6, 6.07) is 0. The molecule has 1 aliphatic rings. The SMILES string of the molecule is OC[C@H]1C[C@@H](O)[C@H](O)[C@H](O)CS1. The highest BCUT2D eigenvalue weighted by Gasteiger charge is 2.31. The number of rotatable bonds is 1. The van der Waals surface area contributed by atoms with Crippen LogP contribution in [0, 0.1) is 0 Å². The first kappa shape index (κ1) is 10.3. The molecule has 4 atom stereocenters. The lowest BCUT2D eigenvalue weighted by Crippen LogP contribution is -2.37. The smallest absolute Gasteiger partial charge is 0.107 e. The number of hydrogen-bond donors (Lipinski definition) is 4. The van der Waals surface area contributed by atoms with Gasteiger partial charge in [0.15, 0.2) is 0 Å². The predicted octanol–water partition coefficient (Wildman–Crippen LogP) is -1.43. The minimum atomic E-state index is -1.07. The van der Waals surface area contributed by atoms with Crippen LogP contribution in [0.2, 0.25) is 0 Å². The summed E-state index contributed by atoms with van der Waals surface area (Å²) in [5.74, 6) is 0.365. The van der Waals surface area contributed by atoms with Crippen molar-refractivity contribution in [2.75, 3.05) is 12.4 Å². The average molecular weight is 194 g/mol. The van der Waals surface area contributed by atoms with Crippen molar-refractivity contribution in [1.82, 2.24) is 0 Å². The third kappa shape index (κ3) is 2.34. The van der Waals surface area contributed by atoms with Crippen molar-refractivity contribution < 1.29 is 20.4 Å². The zero-order valence-corrected chi connectivity index (χ0v) is 7.44. The molecule has 0 aromatic carbocycles. The molecule has 72 valence electrons. The van der Waals surface area contributed by atoms with Crippen molar-refractivity contribution >= 4 is 11.8 Å². The average Bonchev–Trinajstić information content (AvgIpc) is 2.19. The molecule has 0 aliphatic carbocycles. The van der Waals surface area contributed by atoms with Crippen molar-refractivity contribution in [3.63, 3.8) is 0 Å². The Morgan fingerprint density at radius 2 is 1.83 bits per heavy atom. The van der Waals surface area contributed by atoms with Crippen LogP contribution in [-0.4, -0.2) is 56.3 Å². The number of aliphatic hydroxyl groups is 4. The molecule has 0 aromatic heterocycles. The molecule has 0 amide bonds. The molecule has 4 N–H and O–H groups in total. The number of hydrogen-bond acceptors (Lipinski definition) is 5. The molecule has 0 spiro atoms. The van der Waals surface area contributed by atoms with E-state index in [1.54, 1.807) is 0 Å². The zero-order valence-electron chi connectivity index (χ0n) is 6.63. The molecule has 12 heavy (non-hydrogen) atoms. The van der Waals surface area contributed by atoms with Gasteiger partial charge in [-0.2, -0.15) is 11.8 Å². The van der Waals surface area contributed by atoms with Crippen molar-refractivity contribution in [2.24, 2.45) is 0 Å². The van der Waals surface area contributed by atoms with Gasteiger partial charge in [-0.25, -0.2) is 0 Å². The highest BCUT2D eigenvalue weighted by Crippen LogP contribution is 2.24. The van der Waals surface area contributed by atoms with E-state index in [9.17, 15) is 15.3 Å². The van der Waals surface area contributed by atoms with E-state index in [2.05, 4.69) is 0 Å². The molecule has 1 heterocycles. The van der Waals surface area contributed by atoms with E-state index in [0.29, 0.717) is 12.2 Å². The summed E-state index contributed by atoms with van der Waals surface area (Å²) in [5.41, 5.74) is 0. The summed E-state index contributed by atoms with van der Waals surface area (Å²) in [6.45, 7) is -0.0266. The first-order chi connectivity index (χ1) is 5.65. The Kier molecular flexibility index (Phi) is 3.79. The molecule has 4 nitrogen and oxygen atoms in total. The summed E-state index contributed by atoms with van der Waals surface area (Å²) in [4.78, 5) is 0. The second kappa shape index (κ2) is 4.43. The van der Waals surface area contributed by atoms with E-state index >= 15 is 0 Å². The Morgan fingerprint density at radius 3 is 2.42 bits per heavy atom. The summed E-state index contributed by atoms with van der Waals surface area (Å²) in [6.07, 6.45) is -2.55. The van der Waals surface area contributed by atoms with Gasteiger partial charge in [-0.05, 0) is 6.42 Å². The maximum absolute atomic E-state index is 9.30. The van der Waals surface area contributed by atoms with Gasteiger partial charge in [-0.1, -0.05) is 0 Å². The van der Waals surface area contributed by atoms with Gasteiger partial charge in [0.25, 0.3) is 0 Å². The third-order valence-electron chi connectivity index (χ3n) is 2.00. The molecule has 1 aliphatic heterocycles. The maximum Gasteiger partial charge on any atom is 0.107 e. The van der Waals surface area contributed by atoms with Crippen LogP contribution in [-0.2, 0) is 0 Å². The van der Waals surface area contributed by atoms with Crippen LogP contribution < -0.4 is 0 Å². The van der Waals surface area contributed by atoms with Gasteiger partial charge < -0.3 is 20.4 Å². The van der Waals surface area contributed by atoms with Gasteiger partial charge in [0.05, 0.1) is 18.8 Å². The summed E-state index contributed by atoms with van der Waals surface area (Å²) in [7, 11) is 0. The Hall–Kier alpha value is 0.190. The fraction of sp³-hybridized carbons (Fsp3) is 1.00. The number of aliphatic hydroxyl groups excluding tert-OH is 4. The standard InChI is InChI=1S/C7H14O4S/c8-2-4-1-5(9)7(11)6(10)3-12-4/h4-11H,1-3H2/t4-,5-,6-,7+/m1/s1. The van der Waals surface area contributed by atoms with E-state index < -0.39 is 18.3 Å². The highest BCUT2D eigenvalue weighted by molar-refractivity contribution is 8.00. The summed E-state index contributed by atoms with van der Waals surface area (Å²) < 4.78 is 0. The minimum absolute atomic E-state index is 0.0266. The van der Waals surface area contributed by atoms with E-state index in [1.807, 2.05) is 0 Å². The third-order valence-corrected chi connectivity index (χ3v) is 3.35. The van der Waals surface area contributed by atoms with Gasteiger partial charge >= 0.3 is 0 Å². The van der Waals surface area contributed by atoms with Gasteiger partial charge in [0, 0.05) is 11.0 Å². The Labute approximate surface area is 75.2 Å². The minimum Gasteiger partial charge on any atom is -0.395 e. The Morgan fingerprint density at radius 1 is 1.17 bits per heavy atom. The first-order valence-corrected chi connectivity index (χ1v) is 4.96. The van der Waals surface area contributed by atoms with Crippen molar-refractivity contribution in [3.05, 3.63) is 0 Å². The van der Waals surface area contributed by atoms with Crippen LogP contribution >= 0.6 is 11.8 Å². The second-order valence-electron chi connectivity index (χ2n) is 3.00. The molecule has 1 fully saturated rings. The molecule has 1 rings (SSSR count). The Bertz CT molecular complexity index is 143. The maximum atomic E-state index is 9.30. The lowest BCUT2D eigenvalue weighted by Gasteiger charge is -2.18. The molecule has 0 unspecified atom stereocenters. The van der Waals surface area contributed by atoms with E-state index in [0.717, 1.165) is 0 Å². The molecule has 0 radical (unpaired) electrons. The van der Waals surface area contributed by atoms with Gasteiger partial charge in [0.1, 0.15) is 6.10 Å². The van der Waals surface area contributed by atoms with E-state index in [-0.39, 0.29) is 11.9 Å². The Balaban J connectivity index is 2.53. The largest absolute Gasteiger partial charge is 0.395 e. The topological polar surface area (TPSA) is 80.9 Å². The molecule has 1 saturated heterocycles. The van der Waals surface area contributed by atoms with Gasteiger partial charge in [0.2, 0.25) is 0 Å². The molecular weight excluding hydrogens is 180 g/mol. The van der Waals surface area contributed by atoms with Crippen LogP contribution in [0.5, 0.6) is 0 Å². The van der Waals surface area contributed by atoms with Crippen molar-refractivity contribution in [2.45, 2.75) is 30.0 Å². The molecule has 5 heteroatoms. The molecular formula is C7H14O4S. The lowest BCUT2D eigenvalue weighted by atomic mass is 10.1. The fourth-order valence-electron chi connectivity index (χ4n) is 1.19. The quantitative estimate of drug-likeness (QED) is 0.411. The lowest BCUT2D eigenvalue weighted by molar-refractivity contribution is -0.0507. The zero-order chi connectivity index (χ0) is 9.14.